The van der Waals surface area contributed by atoms with Gasteiger partial charge in [0.05, 0.1) is 12.1 Å². The van der Waals surface area contributed by atoms with Crippen LogP contribution in [-0.4, -0.2) is 73.0 Å². The first-order valence-electron chi connectivity index (χ1n) is 14.7. The SMILES string of the molecule is Cc1c(CNCC(=O)OC(C)(C)C)cc(C(=O)O)cc1N1CCN(C(=O)OCC2c3ccccc3-c3ccccc32)CC1. The van der Waals surface area contributed by atoms with Gasteiger partial charge in [-0.25, -0.2) is 9.59 Å². The van der Waals surface area contributed by atoms with Gasteiger partial charge >= 0.3 is 18.0 Å². The van der Waals surface area contributed by atoms with E-state index < -0.39 is 11.6 Å². The summed E-state index contributed by atoms with van der Waals surface area (Å²) in [6.07, 6.45) is -0.343. The van der Waals surface area contributed by atoms with Gasteiger partial charge in [-0.3, -0.25) is 4.79 Å². The van der Waals surface area contributed by atoms with E-state index in [1.54, 1.807) is 17.0 Å². The Bertz CT molecular complexity index is 1480. The summed E-state index contributed by atoms with van der Waals surface area (Å²) in [6.45, 7) is 9.98. The molecule has 3 aromatic carbocycles. The molecule has 0 aromatic heterocycles. The van der Waals surface area contributed by atoms with E-state index in [1.165, 1.54) is 22.3 Å². The molecule has 1 fully saturated rings. The molecule has 0 saturated carbocycles. The molecule has 0 bridgehead atoms. The molecule has 1 aliphatic carbocycles. The minimum atomic E-state index is -1.02. The summed E-state index contributed by atoms with van der Waals surface area (Å²) in [7, 11) is 0. The lowest BCUT2D eigenvalue weighted by Gasteiger charge is -2.37. The first-order valence-corrected chi connectivity index (χ1v) is 14.7. The average Bonchev–Trinajstić information content (AvgIpc) is 3.29. The predicted octanol–water partition coefficient (Wildman–Crippen LogP) is 5.20. The van der Waals surface area contributed by atoms with Gasteiger partial charge in [0, 0.05) is 44.3 Å². The number of nitrogens with zero attached hydrogens (tertiary/aromatic N) is 2. The van der Waals surface area contributed by atoms with E-state index in [4.69, 9.17) is 9.47 Å². The normalized spacial score (nSPS) is 14.7. The first kappa shape index (κ1) is 30.1. The maximum absolute atomic E-state index is 13.1. The van der Waals surface area contributed by atoms with Crippen LogP contribution in [0.3, 0.4) is 0 Å². The maximum Gasteiger partial charge on any atom is 0.409 e. The molecule has 43 heavy (non-hydrogen) atoms. The molecule has 1 amide bonds. The second kappa shape index (κ2) is 12.5. The topological polar surface area (TPSA) is 108 Å². The van der Waals surface area contributed by atoms with E-state index >= 15 is 0 Å². The number of esters is 1. The van der Waals surface area contributed by atoms with Crippen LogP contribution in [0.2, 0.25) is 0 Å². The van der Waals surface area contributed by atoms with E-state index in [-0.39, 0.29) is 36.7 Å². The van der Waals surface area contributed by atoms with Crippen LogP contribution in [0.4, 0.5) is 10.5 Å². The van der Waals surface area contributed by atoms with E-state index in [0.717, 1.165) is 16.8 Å². The highest BCUT2D eigenvalue weighted by Crippen LogP contribution is 2.44. The standard InChI is InChI=1S/C34H39N3O6/c1-22-24(19-35-20-31(38)43-34(2,3)4)17-23(32(39)40)18-30(22)36-13-15-37(16-14-36)33(41)42-21-29-27-11-7-5-9-25(27)26-10-6-8-12-28(26)29/h5-12,17-18,29,35H,13-16,19-21H2,1-4H3,(H,39,40). The highest BCUT2D eigenvalue weighted by Gasteiger charge is 2.31. The van der Waals surface area contributed by atoms with Crippen LogP contribution in [0, 0.1) is 6.92 Å². The molecule has 0 spiro atoms. The number of carboxylic acids is 1. The fourth-order valence-electron chi connectivity index (χ4n) is 5.89. The minimum absolute atomic E-state index is 0.00129. The average molecular weight is 586 g/mol. The van der Waals surface area contributed by atoms with Crippen LogP contribution in [0.25, 0.3) is 11.1 Å². The van der Waals surface area contributed by atoms with Gasteiger partial charge in [0.25, 0.3) is 0 Å². The van der Waals surface area contributed by atoms with Gasteiger partial charge in [-0.15, -0.1) is 0 Å². The van der Waals surface area contributed by atoms with Crippen LogP contribution >= 0.6 is 0 Å². The molecule has 1 aliphatic heterocycles. The number of amides is 1. The van der Waals surface area contributed by atoms with Crippen molar-refractivity contribution in [3.8, 4) is 11.1 Å². The number of carbonyl (C=O) groups is 3. The highest BCUT2D eigenvalue weighted by molar-refractivity contribution is 5.90. The summed E-state index contributed by atoms with van der Waals surface area (Å²) in [4.78, 5) is 41.0. The van der Waals surface area contributed by atoms with Crippen molar-refractivity contribution < 1.29 is 29.0 Å². The molecular weight excluding hydrogens is 546 g/mol. The largest absolute Gasteiger partial charge is 0.478 e. The second-order valence-electron chi connectivity index (χ2n) is 12.1. The van der Waals surface area contributed by atoms with Gasteiger partial charge in [0.1, 0.15) is 12.2 Å². The molecule has 2 aliphatic rings. The number of fused-ring (bicyclic) bond motifs is 3. The van der Waals surface area contributed by atoms with Crippen molar-refractivity contribution in [3.05, 3.63) is 88.5 Å². The summed E-state index contributed by atoms with van der Waals surface area (Å²) >= 11 is 0. The lowest BCUT2D eigenvalue weighted by Crippen LogP contribution is -2.49. The maximum atomic E-state index is 13.1. The Hall–Kier alpha value is -4.37. The van der Waals surface area contributed by atoms with Crippen molar-refractivity contribution >= 4 is 23.7 Å². The van der Waals surface area contributed by atoms with Crippen molar-refractivity contribution in [1.82, 2.24) is 10.2 Å². The van der Waals surface area contributed by atoms with Gasteiger partial charge < -0.3 is 29.7 Å². The number of benzene rings is 3. The number of hydrogen-bond donors (Lipinski definition) is 2. The summed E-state index contributed by atoms with van der Waals surface area (Å²) in [5.41, 5.74) is 6.84. The van der Waals surface area contributed by atoms with E-state index in [1.807, 2.05) is 52.0 Å². The summed E-state index contributed by atoms with van der Waals surface area (Å²) < 4.78 is 11.2. The van der Waals surface area contributed by atoms with E-state index in [0.29, 0.717) is 32.7 Å². The number of carbonyl (C=O) groups excluding carboxylic acids is 2. The van der Waals surface area contributed by atoms with Gasteiger partial charge in [0.2, 0.25) is 0 Å². The van der Waals surface area contributed by atoms with Crippen LogP contribution < -0.4 is 10.2 Å². The number of rotatable bonds is 8. The number of nitrogens with one attached hydrogen (secondary N) is 1. The van der Waals surface area contributed by atoms with Gasteiger partial charge in [-0.05, 0) is 73.2 Å². The third kappa shape index (κ3) is 6.83. The fraction of sp³-hybridized carbons (Fsp3) is 0.382. The molecular formula is C34H39N3O6. The zero-order valence-corrected chi connectivity index (χ0v) is 25.2. The Morgan fingerprint density at radius 1 is 0.930 bits per heavy atom. The highest BCUT2D eigenvalue weighted by atomic mass is 16.6. The van der Waals surface area contributed by atoms with Gasteiger partial charge in [-0.2, -0.15) is 0 Å². The number of anilines is 1. The van der Waals surface area contributed by atoms with Crippen molar-refractivity contribution in [1.29, 1.82) is 0 Å². The third-order valence-corrected chi connectivity index (χ3v) is 7.95. The van der Waals surface area contributed by atoms with Crippen molar-refractivity contribution in [2.45, 2.75) is 45.8 Å². The number of ether oxygens (including phenoxy) is 2. The second-order valence-corrected chi connectivity index (χ2v) is 12.1. The summed E-state index contributed by atoms with van der Waals surface area (Å²) in [5.74, 6) is -1.39. The molecule has 9 nitrogen and oxygen atoms in total. The molecule has 226 valence electrons. The lowest BCUT2D eigenvalue weighted by atomic mass is 9.98. The van der Waals surface area contributed by atoms with E-state index in [2.05, 4.69) is 34.5 Å². The predicted molar refractivity (Wildman–Crippen MR) is 165 cm³/mol. The number of piperazine rings is 1. The molecule has 0 unspecified atom stereocenters. The smallest absolute Gasteiger partial charge is 0.409 e. The summed E-state index contributed by atoms with van der Waals surface area (Å²) in [6, 6.07) is 19.8. The summed E-state index contributed by atoms with van der Waals surface area (Å²) in [5, 5.41) is 12.8. The Balaban J connectivity index is 1.20. The molecule has 1 saturated heterocycles. The van der Waals surface area contributed by atoms with Crippen LogP contribution in [0.15, 0.2) is 60.7 Å². The Morgan fingerprint density at radius 3 is 2.12 bits per heavy atom. The van der Waals surface area contributed by atoms with Gasteiger partial charge in [-0.1, -0.05) is 48.5 Å². The minimum Gasteiger partial charge on any atom is -0.478 e. The molecule has 9 heteroatoms. The lowest BCUT2D eigenvalue weighted by molar-refractivity contribution is -0.153. The molecule has 0 radical (unpaired) electrons. The Labute approximate surface area is 252 Å². The fourth-order valence-corrected chi connectivity index (χ4v) is 5.89. The zero-order chi connectivity index (χ0) is 30.7. The number of hydrogen-bond acceptors (Lipinski definition) is 7. The van der Waals surface area contributed by atoms with E-state index in [9.17, 15) is 19.5 Å². The molecule has 5 rings (SSSR count). The monoisotopic (exact) mass is 585 g/mol. The van der Waals surface area contributed by atoms with Crippen LogP contribution in [-0.2, 0) is 20.8 Å². The first-order chi connectivity index (χ1) is 20.5. The van der Waals surface area contributed by atoms with Gasteiger partial charge in [0.15, 0.2) is 0 Å². The molecule has 1 heterocycles. The quantitative estimate of drug-likeness (QED) is 0.348. The van der Waals surface area contributed by atoms with Crippen molar-refractivity contribution in [2.75, 3.05) is 44.2 Å². The van der Waals surface area contributed by atoms with Crippen molar-refractivity contribution in [2.24, 2.45) is 0 Å². The molecule has 0 atom stereocenters. The van der Waals surface area contributed by atoms with Crippen LogP contribution in [0.1, 0.15) is 59.3 Å². The Morgan fingerprint density at radius 2 is 1.53 bits per heavy atom. The number of carboxylic acid groups (broad SMARTS) is 1. The van der Waals surface area contributed by atoms with Crippen LogP contribution in [0.5, 0.6) is 0 Å². The zero-order valence-electron chi connectivity index (χ0n) is 25.2. The molecule has 3 aromatic rings. The number of aromatic carboxylic acids is 1. The van der Waals surface area contributed by atoms with Crippen molar-refractivity contribution in [3.63, 3.8) is 0 Å². The third-order valence-electron chi connectivity index (χ3n) is 7.95. The Kier molecular flexibility index (Phi) is 8.73. The molecule has 2 N–H and O–H groups in total.